The van der Waals surface area contributed by atoms with Gasteiger partial charge in [-0.05, 0) is 77.0 Å². The summed E-state index contributed by atoms with van der Waals surface area (Å²) < 4.78 is 41.5. The van der Waals surface area contributed by atoms with Gasteiger partial charge in [-0.1, -0.05) is 50.2 Å². The lowest BCUT2D eigenvalue weighted by atomic mass is 9.83. The molecule has 1 saturated carbocycles. The number of rotatable bonds is 17. The highest BCUT2D eigenvalue weighted by Gasteiger charge is 2.44. The minimum absolute atomic E-state index is 0.0665. The first-order valence-electron chi connectivity index (χ1n) is 17.8. The molecule has 0 aromatic carbocycles. The summed E-state index contributed by atoms with van der Waals surface area (Å²) in [5.41, 5.74) is -1.14. The molecule has 0 spiro atoms. The topological polar surface area (TPSA) is 116 Å². The Kier molecular flexibility index (Phi) is 16.7. The molecule has 2 saturated heterocycles. The van der Waals surface area contributed by atoms with Crippen LogP contribution in [-0.2, 0) is 47.5 Å². The van der Waals surface area contributed by atoms with Gasteiger partial charge in [0.25, 0.3) is 0 Å². The van der Waals surface area contributed by atoms with E-state index in [1.807, 2.05) is 0 Å². The first-order valence-corrected chi connectivity index (χ1v) is 17.8. The van der Waals surface area contributed by atoms with Gasteiger partial charge >= 0.3 is 23.9 Å². The van der Waals surface area contributed by atoms with Crippen LogP contribution in [0.3, 0.4) is 0 Å². The second kappa shape index (κ2) is 20.2. The molecular formula is C37H58O10. The third kappa shape index (κ3) is 14.3. The molecule has 3 unspecified atom stereocenters. The first kappa shape index (κ1) is 39.0. The molecule has 3 rings (SSSR count). The van der Waals surface area contributed by atoms with Crippen molar-refractivity contribution in [3.05, 3.63) is 12.2 Å². The van der Waals surface area contributed by atoms with Crippen molar-refractivity contribution in [3.8, 4) is 11.8 Å². The van der Waals surface area contributed by atoms with Crippen molar-refractivity contribution in [2.24, 2.45) is 11.8 Å². The molecule has 10 heteroatoms. The Labute approximate surface area is 281 Å². The van der Waals surface area contributed by atoms with Crippen LogP contribution in [-0.4, -0.2) is 61.4 Å². The molecular weight excluding hydrogens is 604 g/mol. The quantitative estimate of drug-likeness (QED) is 0.0393. The van der Waals surface area contributed by atoms with Crippen LogP contribution < -0.4 is 0 Å². The predicted molar refractivity (Wildman–Crippen MR) is 175 cm³/mol. The number of carbonyl (C=O) groups is 3. The van der Waals surface area contributed by atoms with E-state index in [0.717, 1.165) is 51.4 Å². The zero-order valence-electron chi connectivity index (χ0n) is 29.4. The lowest BCUT2D eigenvalue weighted by molar-refractivity contribution is -0.440. The molecule has 1 aliphatic carbocycles. The van der Waals surface area contributed by atoms with Crippen molar-refractivity contribution in [1.82, 2.24) is 0 Å². The predicted octanol–water partition coefficient (Wildman–Crippen LogP) is 7.27. The van der Waals surface area contributed by atoms with Gasteiger partial charge < -0.3 is 23.7 Å². The highest BCUT2D eigenvalue weighted by molar-refractivity contribution is 5.67. The maximum absolute atomic E-state index is 12.3. The SMILES string of the molecule is CCCCCCC=C[C@H]1CC[C@H](OC(C)=O)[C@@H]1CC(C)(C#CCCC(OC(C)=O)(OC1CCCCO1)OC1CCCCO1)OC(C)=O. The molecule has 266 valence electrons. The Morgan fingerprint density at radius 2 is 1.49 bits per heavy atom. The number of hydrogen-bond acceptors (Lipinski definition) is 10. The smallest absolute Gasteiger partial charge is 0.334 e. The summed E-state index contributed by atoms with van der Waals surface area (Å²) >= 11 is 0. The number of allylic oxidation sites excluding steroid dienone is 2. The molecule has 2 heterocycles. The summed E-state index contributed by atoms with van der Waals surface area (Å²) in [6.45, 7) is 9.20. The van der Waals surface area contributed by atoms with Gasteiger partial charge in [-0.2, -0.15) is 0 Å². The van der Waals surface area contributed by atoms with Crippen molar-refractivity contribution in [2.75, 3.05) is 13.2 Å². The van der Waals surface area contributed by atoms with Crippen molar-refractivity contribution in [1.29, 1.82) is 0 Å². The van der Waals surface area contributed by atoms with Gasteiger partial charge in [0, 0.05) is 52.7 Å². The Morgan fingerprint density at radius 1 is 0.830 bits per heavy atom. The van der Waals surface area contributed by atoms with Crippen molar-refractivity contribution in [2.45, 2.75) is 168 Å². The van der Waals surface area contributed by atoms with E-state index in [0.29, 0.717) is 32.5 Å². The van der Waals surface area contributed by atoms with E-state index in [2.05, 4.69) is 30.9 Å². The normalized spacial score (nSPS) is 27.2. The van der Waals surface area contributed by atoms with Crippen LogP contribution in [0.25, 0.3) is 0 Å². The minimum Gasteiger partial charge on any atom is -0.462 e. The minimum atomic E-state index is -1.75. The van der Waals surface area contributed by atoms with Gasteiger partial charge in [-0.25, -0.2) is 0 Å². The second-order valence-electron chi connectivity index (χ2n) is 13.3. The molecule has 10 nitrogen and oxygen atoms in total. The van der Waals surface area contributed by atoms with Gasteiger partial charge in [-0.15, -0.1) is 0 Å². The maximum atomic E-state index is 12.3. The number of esters is 3. The Morgan fingerprint density at radius 3 is 2.04 bits per heavy atom. The van der Waals surface area contributed by atoms with Crippen LogP contribution in [0, 0.1) is 23.7 Å². The van der Waals surface area contributed by atoms with Gasteiger partial charge in [0.05, 0.1) is 6.42 Å². The second-order valence-corrected chi connectivity index (χ2v) is 13.3. The van der Waals surface area contributed by atoms with Crippen molar-refractivity contribution < 1.29 is 47.5 Å². The standard InChI is InChI=1S/C37H58O10/c1-6-7-8-9-10-11-18-31-21-22-33(43-28(2)38)32(31)27-36(5,44-29(3)39)23-14-15-24-37(45-30(4)40,46-34-19-12-16-25-41-34)47-35-20-13-17-26-42-35/h11,18,31-35H,6-10,12-13,15-17,19-22,24-27H2,1-5H3/t31-,32+,33-,34?,35?,36?,37?/m0/s1. The highest BCUT2D eigenvalue weighted by Crippen LogP contribution is 2.41. The Bertz CT molecular complexity index is 1040. The van der Waals surface area contributed by atoms with E-state index in [9.17, 15) is 14.4 Å². The summed E-state index contributed by atoms with van der Waals surface area (Å²) in [4.78, 5) is 36.6. The van der Waals surface area contributed by atoms with E-state index in [1.54, 1.807) is 6.92 Å². The monoisotopic (exact) mass is 662 g/mol. The van der Waals surface area contributed by atoms with Crippen molar-refractivity contribution >= 4 is 17.9 Å². The van der Waals surface area contributed by atoms with E-state index in [1.165, 1.54) is 40.0 Å². The first-order chi connectivity index (χ1) is 22.5. The van der Waals surface area contributed by atoms with Crippen LogP contribution >= 0.6 is 0 Å². The lowest BCUT2D eigenvalue weighted by Crippen LogP contribution is -2.48. The number of hydrogen-bond donors (Lipinski definition) is 0. The zero-order valence-corrected chi connectivity index (χ0v) is 29.4. The van der Waals surface area contributed by atoms with Gasteiger partial charge in [0.2, 0.25) is 0 Å². The highest BCUT2D eigenvalue weighted by atomic mass is 16.9. The third-order valence-corrected chi connectivity index (χ3v) is 8.84. The van der Waals surface area contributed by atoms with E-state index in [4.69, 9.17) is 33.2 Å². The molecule has 0 radical (unpaired) electrons. The Hall–Kier alpha value is -2.45. The van der Waals surface area contributed by atoms with Crippen LogP contribution in [0.1, 0.15) is 137 Å². The fraction of sp³-hybridized carbons (Fsp3) is 0.811. The maximum Gasteiger partial charge on any atom is 0.334 e. The lowest BCUT2D eigenvalue weighted by Gasteiger charge is -2.39. The van der Waals surface area contributed by atoms with Crippen LogP contribution in [0.15, 0.2) is 12.2 Å². The number of unbranched alkanes of at least 4 members (excludes halogenated alkanes) is 4. The molecule has 2 aliphatic heterocycles. The zero-order chi connectivity index (χ0) is 34.1. The average Bonchev–Trinajstić information content (AvgIpc) is 3.36. The summed E-state index contributed by atoms with van der Waals surface area (Å²) in [5, 5.41) is 0. The fourth-order valence-electron chi connectivity index (χ4n) is 6.72. The molecule has 3 aliphatic rings. The van der Waals surface area contributed by atoms with Crippen LogP contribution in [0.4, 0.5) is 0 Å². The molecule has 0 N–H and O–H groups in total. The summed E-state index contributed by atoms with van der Waals surface area (Å²) in [7, 11) is 0. The molecule has 0 amide bonds. The van der Waals surface area contributed by atoms with Gasteiger partial charge in [0.1, 0.15) is 6.10 Å². The molecule has 47 heavy (non-hydrogen) atoms. The third-order valence-electron chi connectivity index (χ3n) is 8.84. The molecule has 0 bridgehead atoms. The Balaban J connectivity index is 1.79. The molecule has 3 fully saturated rings. The van der Waals surface area contributed by atoms with Crippen LogP contribution in [0.2, 0.25) is 0 Å². The summed E-state index contributed by atoms with van der Waals surface area (Å²) in [6.07, 6.45) is 16.1. The summed E-state index contributed by atoms with van der Waals surface area (Å²) in [5.74, 6) is 3.39. The summed E-state index contributed by atoms with van der Waals surface area (Å²) in [6, 6.07) is 0. The average molecular weight is 663 g/mol. The fourth-order valence-corrected chi connectivity index (χ4v) is 6.72. The van der Waals surface area contributed by atoms with E-state index in [-0.39, 0.29) is 36.8 Å². The van der Waals surface area contributed by atoms with Gasteiger partial charge in [-0.3, -0.25) is 23.9 Å². The van der Waals surface area contributed by atoms with E-state index < -0.39 is 36.1 Å². The molecule has 6 atom stereocenters. The largest absolute Gasteiger partial charge is 0.462 e. The molecule has 0 aromatic heterocycles. The van der Waals surface area contributed by atoms with E-state index >= 15 is 0 Å². The number of carbonyl (C=O) groups excluding carboxylic acids is 3. The number of ether oxygens (including phenoxy) is 7. The van der Waals surface area contributed by atoms with Crippen LogP contribution in [0.5, 0.6) is 0 Å². The van der Waals surface area contributed by atoms with Crippen molar-refractivity contribution in [3.63, 3.8) is 0 Å². The van der Waals surface area contributed by atoms with Gasteiger partial charge in [0.15, 0.2) is 18.2 Å². The molecule has 0 aromatic rings.